The molecule has 1 aliphatic heterocycles. The van der Waals surface area contributed by atoms with Gasteiger partial charge in [-0.1, -0.05) is 12.1 Å². The maximum atomic E-state index is 14.0. The first-order valence-electron chi connectivity index (χ1n) is 10.2. The molecule has 176 valence electrons. The largest absolute Gasteiger partial charge is 0.497 e. The van der Waals surface area contributed by atoms with E-state index in [1.54, 1.807) is 29.5 Å². The van der Waals surface area contributed by atoms with E-state index >= 15 is 0 Å². The summed E-state index contributed by atoms with van der Waals surface area (Å²) in [6.07, 6.45) is -4.96. The molecule has 6 nitrogen and oxygen atoms in total. The highest BCUT2D eigenvalue weighted by Crippen LogP contribution is 2.41. The van der Waals surface area contributed by atoms with Gasteiger partial charge in [-0.3, -0.25) is 9.69 Å². The fourth-order valence-electron chi connectivity index (χ4n) is 3.78. The van der Waals surface area contributed by atoms with E-state index in [4.69, 9.17) is 18.6 Å². The van der Waals surface area contributed by atoms with E-state index in [1.165, 1.54) is 25.3 Å². The number of methoxy groups -OCH3 is 1. The molecule has 0 N–H and O–H groups in total. The molecule has 3 heterocycles. The predicted molar refractivity (Wildman–Crippen MR) is 120 cm³/mol. The standard InChI is InChI=1S/C24H18F3NO5S/c1-30-14-4-2-5-15(10-14)32-22-20(29)17-7-8-19-18(21(17)33-23(22)24(25,26)27)12-28(13-31-19)11-16-6-3-9-34-16/h2-10H,11-13H2,1H3. The maximum absolute atomic E-state index is 14.0. The number of rotatable bonds is 5. The van der Waals surface area contributed by atoms with Crippen LogP contribution < -0.4 is 19.6 Å². The van der Waals surface area contributed by atoms with E-state index in [0.29, 0.717) is 23.6 Å². The highest BCUT2D eigenvalue weighted by Gasteiger charge is 2.41. The third kappa shape index (κ3) is 4.22. The average molecular weight is 489 g/mol. The van der Waals surface area contributed by atoms with Crippen molar-refractivity contribution in [2.45, 2.75) is 19.3 Å². The van der Waals surface area contributed by atoms with Gasteiger partial charge in [-0.25, -0.2) is 0 Å². The lowest BCUT2D eigenvalue weighted by Crippen LogP contribution is -2.31. The average Bonchev–Trinajstić information content (AvgIpc) is 3.33. The summed E-state index contributed by atoms with van der Waals surface area (Å²) in [5.74, 6) is -1.67. The van der Waals surface area contributed by atoms with Crippen LogP contribution in [0.15, 0.2) is 63.1 Å². The van der Waals surface area contributed by atoms with E-state index in [2.05, 4.69) is 0 Å². The quantitative estimate of drug-likeness (QED) is 0.341. The number of thiophene rings is 1. The Labute approximate surface area is 195 Å². The molecule has 2 aromatic carbocycles. The Morgan fingerprint density at radius 1 is 1.12 bits per heavy atom. The maximum Gasteiger partial charge on any atom is 0.453 e. The van der Waals surface area contributed by atoms with Crippen molar-refractivity contribution in [2.75, 3.05) is 13.8 Å². The molecule has 0 aliphatic carbocycles. The zero-order chi connectivity index (χ0) is 23.9. The molecule has 1 aliphatic rings. The fraction of sp³-hybridized carbons (Fsp3) is 0.208. The van der Waals surface area contributed by atoms with Crippen molar-refractivity contribution in [3.63, 3.8) is 0 Å². The Bertz CT molecular complexity index is 1400. The van der Waals surface area contributed by atoms with Crippen LogP contribution in [0.2, 0.25) is 0 Å². The molecule has 0 unspecified atom stereocenters. The van der Waals surface area contributed by atoms with Gasteiger partial charge in [0.2, 0.25) is 11.2 Å². The summed E-state index contributed by atoms with van der Waals surface area (Å²) in [6, 6.07) is 12.8. The summed E-state index contributed by atoms with van der Waals surface area (Å²) >= 11 is 1.57. The first kappa shape index (κ1) is 22.3. The number of halogens is 3. The number of ether oxygens (including phenoxy) is 3. The Balaban J connectivity index is 1.61. The molecule has 0 spiro atoms. The second-order valence-corrected chi connectivity index (χ2v) is 8.66. The molecular weight excluding hydrogens is 471 g/mol. The van der Waals surface area contributed by atoms with Gasteiger partial charge in [-0.2, -0.15) is 13.2 Å². The minimum Gasteiger partial charge on any atom is -0.497 e. The van der Waals surface area contributed by atoms with Crippen molar-refractivity contribution in [3.8, 4) is 23.0 Å². The lowest BCUT2D eigenvalue weighted by Gasteiger charge is -2.29. The third-order valence-corrected chi connectivity index (χ3v) is 6.20. The Morgan fingerprint density at radius 2 is 1.94 bits per heavy atom. The van der Waals surface area contributed by atoms with Gasteiger partial charge < -0.3 is 18.6 Å². The van der Waals surface area contributed by atoms with Crippen molar-refractivity contribution in [2.24, 2.45) is 0 Å². The predicted octanol–water partition coefficient (Wildman–Crippen LogP) is 6.03. The van der Waals surface area contributed by atoms with Crippen LogP contribution in [-0.4, -0.2) is 18.7 Å². The smallest absolute Gasteiger partial charge is 0.453 e. The zero-order valence-electron chi connectivity index (χ0n) is 17.8. The van der Waals surface area contributed by atoms with Crippen molar-refractivity contribution >= 4 is 22.3 Å². The summed E-state index contributed by atoms with van der Waals surface area (Å²) in [6.45, 7) is 1.09. The van der Waals surface area contributed by atoms with Crippen LogP contribution in [-0.2, 0) is 19.3 Å². The molecule has 0 saturated heterocycles. The number of nitrogens with zero attached hydrogens (tertiary/aromatic N) is 1. The highest BCUT2D eigenvalue weighted by molar-refractivity contribution is 7.09. The van der Waals surface area contributed by atoms with Crippen molar-refractivity contribution < 1.29 is 31.8 Å². The van der Waals surface area contributed by atoms with Crippen LogP contribution in [0.25, 0.3) is 11.0 Å². The number of fused-ring (bicyclic) bond motifs is 3. The van der Waals surface area contributed by atoms with Gasteiger partial charge in [-0.15, -0.1) is 11.3 Å². The Morgan fingerprint density at radius 3 is 2.68 bits per heavy atom. The van der Waals surface area contributed by atoms with Crippen molar-refractivity contribution in [1.82, 2.24) is 4.90 Å². The Hall–Kier alpha value is -3.50. The first-order valence-corrected chi connectivity index (χ1v) is 11.1. The zero-order valence-corrected chi connectivity index (χ0v) is 18.7. The van der Waals surface area contributed by atoms with Gasteiger partial charge in [0.05, 0.1) is 18.1 Å². The number of benzene rings is 2. The lowest BCUT2D eigenvalue weighted by molar-refractivity contribution is -0.154. The summed E-state index contributed by atoms with van der Waals surface area (Å²) in [4.78, 5) is 16.2. The van der Waals surface area contributed by atoms with E-state index in [1.807, 2.05) is 22.4 Å². The molecule has 0 amide bonds. The van der Waals surface area contributed by atoms with Crippen LogP contribution >= 0.6 is 11.3 Å². The summed E-state index contributed by atoms with van der Waals surface area (Å²) < 4.78 is 63.6. The van der Waals surface area contributed by atoms with Crippen LogP contribution in [0.4, 0.5) is 13.2 Å². The Kier molecular flexibility index (Phi) is 5.70. The molecule has 2 aromatic heterocycles. The fourth-order valence-corrected chi connectivity index (χ4v) is 4.53. The van der Waals surface area contributed by atoms with E-state index in [0.717, 1.165) is 4.88 Å². The third-order valence-electron chi connectivity index (χ3n) is 5.34. The van der Waals surface area contributed by atoms with Crippen LogP contribution in [0, 0.1) is 0 Å². The molecular formula is C24H18F3NO5S. The summed E-state index contributed by atoms with van der Waals surface area (Å²) in [7, 11) is 1.41. The second-order valence-electron chi connectivity index (χ2n) is 7.63. The molecule has 0 radical (unpaired) electrons. The van der Waals surface area contributed by atoms with Gasteiger partial charge >= 0.3 is 6.18 Å². The molecule has 5 rings (SSSR count). The van der Waals surface area contributed by atoms with Gasteiger partial charge in [-0.05, 0) is 35.7 Å². The SMILES string of the molecule is COc1cccc(Oc2c(C(F)(F)F)oc3c4c(ccc3c2=O)OCN(Cc2cccs2)C4)c1. The normalized spacial score (nSPS) is 14.0. The number of alkyl halides is 3. The highest BCUT2D eigenvalue weighted by atomic mass is 32.1. The number of hydrogen-bond acceptors (Lipinski definition) is 7. The van der Waals surface area contributed by atoms with Crippen molar-refractivity contribution in [1.29, 1.82) is 0 Å². The molecule has 4 aromatic rings. The summed E-state index contributed by atoms with van der Waals surface area (Å²) in [5.41, 5.74) is -0.700. The molecule has 0 bridgehead atoms. The molecule has 10 heteroatoms. The van der Waals surface area contributed by atoms with E-state index < -0.39 is 23.1 Å². The minimum atomic E-state index is -4.96. The molecule has 34 heavy (non-hydrogen) atoms. The molecule has 0 atom stereocenters. The van der Waals surface area contributed by atoms with Gasteiger partial charge in [0, 0.05) is 24.0 Å². The lowest BCUT2D eigenvalue weighted by atomic mass is 10.1. The monoisotopic (exact) mass is 489 g/mol. The second kappa shape index (κ2) is 8.69. The van der Waals surface area contributed by atoms with E-state index in [9.17, 15) is 18.0 Å². The van der Waals surface area contributed by atoms with Crippen molar-refractivity contribution in [3.05, 3.63) is 80.3 Å². The van der Waals surface area contributed by atoms with Crippen LogP contribution in [0.1, 0.15) is 16.2 Å². The summed E-state index contributed by atoms with van der Waals surface area (Å²) in [5, 5.41) is 1.92. The van der Waals surface area contributed by atoms with Crippen LogP contribution in [0.5, 0.6) is 23.0 Å². The van der Waals surface area contributed by atoms with Gasteiger partial charge in [0.1, 0.15) is 29.6 Å². The number of hydrogen-bond donors (Lipinski definition) is 0. The minimum absolute atomic E-state index is 0.0138. The van der Waals surface area contributed by atoms with Crippen LogP contribution in [0.3, 0.4) is 0 Å². The van der Waals surface area contributed by atoms with Gasteiger partial charge in [0.25, 0.3) is 5.76 Å². The first-order chi connectivity index (χ1) is 16.3. The van der Waals surface area contributed by atoms with Gasteiger partial charge in [0.15, 0.2) is 0 Å². The topological polar surface area (TPSA) is 61.1 Å². The molecule has 0 saturated carbocycles. The van der Waals surface area contributed by atoms with E-state index in [-0.39, 0.29) is 30.0 Å². The molecule has 0 fully saturated rings.